The van der Waals surface area contributed by atoms with Crippen molar-refractivity contribution in [2.24, 2.45) is 0 Å². The predicted octanol–water partition coefficient (Wildman–Crippen LogP) is 4.40. The predicted molar refractivity (Wildman–Crippen MR) is 106 cm³/mol. The first-order chi connectivity index (χ1) is 12.3. The summed E-state index contributed by atoms with van der Waals surface area (Å²) >= 11 is 5.30. The lowest BCUT2D eigenvalue weighted by Gasteiger charge is -1.84. The highest BCUT2D eigenvalue weighted by Crippen LogP contribution is 2.28. The van der Waals surface area contributed by atoms with Crippen molar-refractivity contribution in [3.05, 3.63) is 90.8 Å². The summed E-state index contributed by atoms with van der Waals surface area (Å²) in [5.41, 5.74) is -0.724. The van der Waals surface area contributed by atoms with Crippen LogP contribution in [0.5, 0.6) is 0 Å². The highest BCUT2D eigenvalue weighted by molar-refractivity contribution is 7.20. The van der Waals surface area contributed by atoms with Crippen LogP contribution in [0.25, 0.3) is 21.1 Å². The third-order valence-corrected chi connectivity index (χ3v) is 5.58. The maximum absolute atomic E-state index is 10.8. The molecule has 0 spiro atoms. The van der Waals surface area contributed by atoms with Gasteiger partial charge in [-0.15, -0.1) is 22.7 Å². The summed E-state index contributed by atoms with van der Waals surface area (Å²) in [6, 6.07) is 14.0. The van der Waals surface area contributed by atoms with Crippen LogP contribution in [0.4, 0.5) is 0 Å². The number of fused-ring (bicyclic) bond motifs is 1. The summed E-state index contributed by atoms with van der Waals surface area (Å²) in [4.78, 5) is 31.1. The molecule has 2 aliphatic rings. The standard InChI is InChI=1S/C8H6S2.C6H2N2O2.C4H4S/c1-3-7(9-5-1)8-4-2-6-10-8;9-5-4-3(1-2-7-4)8-6(5)10;1-2-4-5-3-1/h1-6H;1-2H;1-4H. The fourth-order valence-electron chi connectivity index (χ4n) is 1.92. The van der Waals surface area contributed by atoms with Gasteiger partial charge in [-0.3, -0.25) is 14.6 Å². The molecule has 0 fully saturated rings. The highest BCUT2D eigenvalue weighted by atomic mass is 32.1. The number of aromatic nitrogens is 2. The van der Waals surface area contributed by atoms with Crippen molar-refractivity contribution in [2.75, 3.05) is 0 Å². The molecular weight excluding hydrogens is 372 g/mol. The van der Waals surface area contributed by atoms with Crippen LogP contribution in [0, 0.1) is 0 Å². The fourth-order valence-corrected chi connectivity index (χ4v) is 3.95. The third kappa shape index (κ3) is 4.54. The Morgan fingerprint density at radius 2 is 1.40 bits per heavy atom. The molecule has 0 atom stereocenters. The first kappa shape index (κ1) is 17.3. The van der Waals surface area contributed by atoms with Crippen LogP contribution < -0.4 is 11.0 Å². The van der Waals surface area contributed by atoms with E-state index in [9.17, 15) is 9.59 Å². The number of rotatable bonds is 1. The average molecular weight is 385 g/mol. The van der Waals surface area contributed by atoms with E-state index in [-0.39, 0.29) is 5.69 Å². The zero-order valence-corrected chi connectivity index (χ0v) is 15.3. The normalized spacial score (nSPS) is 9.92. The van der Waals surface area contributed by atoms with Crippen molar-refractivity contribution in [1.82, 2.24) is 9.97 Å². The van der Waals surface area contributed by atoms with Gasteiger partial charge in [0.1, 0.15) is 5.69 Å². The minimum atomic E-state index is -0.710. The van der Waals surface area contributed by atoms with Crippen LogP contribution in [-0.4, -0.2) is 9.97 Å². The van der Waals surface area contributed by atoms with Gasteiger partial charge in [-0.25, -0.2) is 4.98 Å². The minimum absolute atomic E-state index is 0.185. The van der Waals surface area contributed by atoms with Gasteiger partial charge in [0.25, 0.3) is 5.43 Å². The van der Waals surface area contributed by atoms with E-state index < -0.39 is 11.0 Å². The van der Waals surface area contributed by atoms with Crippen molar-refractivity contribution in [3.8, 4) is 21.1 Å². The Morgan fingerprint density at radius 1 is 0.760 bits per heavy atom. The number of hydrogen-bond acceptors (Lipinski definition) is 7. The summed E-state index contributed by atoms with van der Waals surface area (Å²) in [5, 5.41) is 8.30. The molecule has 2 aliphatic heterocycles. The minimum Gasteiger partial charge on any atom is -0.281 e. The average Bonchev–Trinajstić information content (AvgIpc) is 3.44. The Morgan fingerprint density at radius 3 is 1.84 bits per heavy atom. The Kier molecular flexibility index (Phi) is 5.95. The van der Waals surface area contributed by atoms with Crippen LogP contribution in [0.1, 0.15) is 0 Å². The number of thiophene rings is 3. The number of hydrogen-bond donors (Lipinski definition) is 0. The summed E-state index contributed by atoms with van der Waals surface area (Å²) in [6.07, 6.45) is 1.46. The fraction of sp³-hybridized carbons (Fsp3) is 0. The van der Waals surface area contributed by atoms with Gasteiger partial charge in [-0.1, -0.05) is 24.3 Å². The molecule has 3 aromatic rings. The molecule has 0 aliphatic carbocycles. The highest BCUT2D eigenvalue weighted by Gasteiger charge is 2.14. The molecule has 4 nitrogen and oxygen atoms in total. The monoisotopic (exact) mass is 384 g/mol. The van der Waals surface area contributed by atoms with Gasteiger partial charge in [0.2, 0.25) is 0 Å². The van der Waals surface area contributed by atoms with Crippen molar-refractivity contribution in [2.45, 2.75) is 0 Å². The SMILES string of the molecule is O=c1nc2ccnc-2c1=O.c1ccsc1.c1csc(-c2cccs2)c1. The molecule has 5 rings (SSSR count). The zero-order valence-electron chi connectivity index (χ0n) is 12.9. The summed E-state index contributed by atoms with van der Waals surface area (Å²) < 4.78 is 0. The molecular formula is C18H12N2O2S3. The van der Waals surface area contributed by atoms with Crippen molar-refractivity contribution >= 4 is 34.0 Å². The molecule has 7 heteroatoms. The molecule has 3 aromatic heterocycles. The second-order valence-electron chi connectivity index (χ2n) is 4.67. The van der Waals surface area contributed by atoms with Gasteiger partial charge < -0.3 is 0 Å². The maximum atomic E-state index is 10.8. The summed E-state index contributed by atoms with van der Waals surface area (Å²) in [6.45, 7) is 0. The van der Waals surface area contributed by atoms with E-state index in [0.717, 1.165) is 0 Å². The quantitative estimate of drug-likeness (QED) is 0.402. The third-order valence-electron chi connectivity index (χ3n) is 3.02. The molecule has 0 unspecified atom stereocenters. The molecule has 124 valence electrons. The van der Waals surface area contributed by atoms with E-state index in [1.54, 1.807) is 34.0 Å². The second-order valence-corrected chi connectivity index (χ2v) is 7.38. The van der Waals surface area contributed by atoms with Gasteiger partial charge in [0.15, 0.2) is 0 Å². The van der Waals surface area contributed by atoms with Crippen LogP contribution in [0.15, 0.2) is 79.8 Å². The van der Waals surface area contributed by atoms with Crippen LogP contribution in [-0.2, 0) is 0 Å². The molecule has 5 heterocycles. The molecule has 25 heavy (non-hydrogen) atoms. The molecule has 0 bridgehead atoms. The summed E-state index contributed by atoms with van der Waals surface area (Å²) in [5.74, 6) is 0. The largest absolute Gasteiger partial charge is 0.320 e. The van der Waals surface area contributed by atoms with Crippen molar-refractivity contribution < 1.29 is 0 Å². The van der Waals surface area contributed by atoms with Gasteiger partial charge >= 0.3 is 5.56 Å². The summed E-state index contributed by atoms with van der Waals surface area (Å²) in [7, 11) is 0. The molecule has 0 saturated heterocycles. The van der Waals surface area contributed by atoms with E-state index in [1.807, 2.05) is 22.9 Å². The van der Waals surface area contributed by atoms with Gasteiger partial charge in [-0.05, 0) is 39.7 Å². The van der Waals surface area contributed by atoms with E-state index in [0.29, 0.717) is 5.69 Å². The van der Waals surface area contributed by atoms with Crippen LogP contribution >= 0.6 is 34.0 Å². The molecule has 0 saturated carbocycles. The topological polar surface area (TPSA) is 59.9 Å². The second kappa shape index (κ2) is 8.57. The lowest BCUT2D eigenvalue weighted by molar-refractivity contribution is 1.30. The van der Waals surface area contributed by atoms with Crippen LogP contribution in [0.2, 0.25) is 0 Å². The van der Waals surface area contributed by atoms with Gasteiger partial charge in [0, 0.05) is 16.0 Å². The maximum Gasteiger partial charge on any atom is 0.320 e. The molecule has 0 aromatic carbocycles. The van der Waals surface area contributed by atoms with E-state index in [4.69, 9.17) is 0 Å². The smallest absolute Gasteiger partial charge is 0.281 e. The van der Waals surface area contributed by atoms with Crippen molar-refractivity contribution in [3.63, 3.8) is 0 Å². The van der Waals surface area contributed by atoms with Crippen molar-refractivity contribution in [1.29, 1.82) is 0 Å². The van der Waals surface area contributed by atoms with Gasteiger partial charge in [0.05, 0.1) is 5.69 Å². The Labute approximate surface area is 155 Å². The Balaban J connectivity index is 0.000000116. The lowest BCUT2D eigenvalue weighted by atomic mass is 10.4. The molecule has 0 amide bonds. The van der Waals surface area contributed by atoms with E-state index >= 15 is 0 Å². The Hall–Kier alpha value is -2.48. The van der Waals surface area contributed by atoms with Crippen LogP contribution in [0.3, 0.4) is 0 Å². The Bertz CT molecular complexity index is 979. The molecule has 0 N–H and O–H groups in total. The lowest BCUT2D eigenvalue weighted by Crippen LogP contribution is -2.19. The first-order valence-electron chi connectivity index (χ1n) is 7.22. The molecule has 0 radical (unpaired) electrons. The van der Waals surface area contributed by atoms with E-state index in [1.165, 1.54) is 22.0 Å². The number of nitrogens with zero attached hydrogens (tertiary/aromatic N) is 2. The zero-order chi connectivity index (χ0) is 17.5. The first-order valence-corrected chi connectivity index (χ1v) is 9.92. The van der Waals surface area contributed by atoms with E-state index in [2.05, 4.69) is 45.0 Å². The van der Waals surface area contributed by atoms with Gasteiger partial charge in [-0.2, -0.15) is 11.3 Å².